The smallest absolute Gasteiger partial charge is 0.355 e. The Labute approximate surface area is 161 Å². The summed E-state index contributed by atoms with van der Waals surface area (Å²) in [6.07, 6.45) is -9.06. The van der Waals surface area contributed by atoms with Crippen molar-refractivity contribution in [1.29, 1.82) is 0 Å². The fourth-order valence-electron chi connectivity index (χ4n) is 2.15. The van der Waals surface area contributed by atoms with Gasteiger partial charge in [-0.25, -0.2) is 0 Å². The number of hydrogen-bond acceptors (Lipinski definition) is 4. The molecule has 0 aliphatic carbocycles. The molecule has 2 aromatic carbocycles. The quantitative estimate of drug-likeness (QED) is 0.433. The molecule has 0 aliphatic rings. The van der Waals surface area contributed by atoms with Crippen LogP contribution in [0.5, 0.6) is 0 Å². The molecule has 0 saturated heterocycles. The van der Waals surface area contributed by atoms with E-state index in [1.807, 2.05) is 0 Å². The summed E-state index contributed by atoms with van der Waals surface area (Å²) in [4.78, 5) is 0. The summed E-state index contributed by atoms with van der Waals surface area (Å²) < 4.78 is 76.8. The summed E-state index contributed by atoms with van der Waals surface area (Å²) in [6.45, 7) is 0. The lowest BCUT2D eigenvalue weighted by Crippen LogP contribution is -2.04. The van der Waals surface area contributed by atoms with Gasteiger partial charge in [-0.05, 0) is 42.5 Å². The van der Waals surface area contributed by atoms with Crippen LogP contribution in [-0.4, -0.2) is 10.2 Å². The summed E-state index contributed by atoms with van der Waals surface area (Å²) in [5, 5.41) is 8.57. The van der Waals surface area contributed by atoms with Crippen LogP contribution in [0.3, 0.4) is 0 Å². The largest absolute Gasteiger partial charge is 0.445 e. The molecule has 0 unspecified atom stereocenters. The van der Waals surface area contributed by atoms with Crippen molar-refractivity contribution < 1.29 is 26.3 Å². The number of alkyl halides is 6. The first-order valence-electron chi connectivity index (χ1n) is 7.19. The lowest BCUT2D eigenvalue weighted by atomic mass is 10.1. The highest BCUT2D eigenvalue weighted by molar-refractivity contribution is 9.10. The first kappa shape index (κ1) is 19.6. The molecule has 11 heteroatoms. The molecule has 0 radical (unpaired) electrons. The van der Waals surface area contributed by atoms with Crippen LogP contribution >= 0.6 is 27.3 Å². The molecule has 1 heterocycles. The maximum absolute atomic E-state index is 12.8. The van der Waals surface area contributed by atoms with Crippen LogP contribution in [0.25, 0.3) is 10.6 Å². The van der Waals surface area contributed by atoms with Crippen molar-refractivity contribution in [3.05, 3.63) is 57.5 Å². The van der Waals surface area contributed by atoms with Gasteiger partial charge < -0.3 is 5.32 Å². The van der Waals surface area contributed by atoms with E-state index in [-0.39, 0.29) is 5.01 Å². The molecule has 0 saturated carbocycles. The van der Waals surface area contributed by atoms with E-state index in [0.29, 0.717) is 32.7 Å². The van der Waals surface area contributed by atoms with Gasteiger partial charge in [0.2, 0.25) is 5.01 Å². The summed E-state index contributed by atoms with van der Waals surface area (Å²) >= 11 is 3.61. The Hall–Kier alpha value is -2.14. The van der Waals surface area contributed by atoms with Crippen LogP contribution in [0.15, 0.2) is 46.9 Å². The van der Waals surface area contributed by atoms with Gasteiger partial charge in [-0.3, -0.25) is 0 Å². The zero-order valence-corrected chi connectivity index (χ0v) is 15.4. The minimum atomic E-state index is -4.61. The molecule has 0 spiro atoms. The van der Waals surface area contributed by atoms with E-state index in [9.17, 15) is 26.3 Å². The Kier molecular flexibility index (Phi) is 5.17. The summed E-state index contributed by atoms with van der Waals surface area (Å²) in [5.74, 6) is 0. The summed E-state index contributed by atoms with van der Waals surface area (Å²) in [5.41, 5.74) is 0.246. The second-order valence-corrected chi connectivity index (χ2v) is 7.19. The van der Waals surface area contributed by atoms with Crippen molar-refractivity contribution in [1.82, 2.24) is 10.2 Å². The lowest BCUT2D eigenvalue weighted by molar-refractivity contribution is -0.138. The number of benzene rings is 2. The van der Waals surface area contributed by atoms with Gasteiger partial charge in [0.1, 0.15) is 5.01 Å². The minimum absolute atomic E-state index is 0.0260. The van der Waals surface area contributed by atoms with Crippen molar-refractivity contribution in [2.24, 2.45) is 0 Å². The van der Waals surface area contributed by atoms with E-state index in [2.05, 4.69) is 31.4 Å². The second-order valence-electron chi connectivity index (χ2n) is 5.30. The number of halogens is 7. The topological polar surface area (TPSA) is 37.8 Å². The Morgan fingerprint density at radius 1 is 0.852 bits per heavy atom. The van der Waals surface area contributed by atoms with Gasteiger partial charge >= 0.3 is 12.4 Å². The summed E-state index contributed by atoms with van der Waals surface area (Å²) in [7, 11) is 0. The second kappa shape index (κ2) is 7.12. The highest BCUT2D eigenvalue weighted by atomic mass is 79.9. The van der Waals surface area contributed by atoms with Crippen molar-refractivity contribution in [2.75, 3.05) is 5.32 Å². The summed E-state index contributed by atoms with van der Waals surface area (Å²) in [6, 6.07) is 9.05. The Balaban J connectivity index is 1.94. The molecule has 0 bridgehead atoms. The first-order valence-corrected chi connectivity index (χ1v) is 8.80. The molecule has 3 rings (SSSR count). The third kappa shape index (κ3) is 4.59. The van der Waals surface area contributed by atoms with Crippen LogP contribution < -0.4 is 5.32 Å². The molecule has 27 heavy (non-hydrogen) atoms. The average molecular weight is 468 g/mol. The highest BCUT2D eigenvalue weighted by Crippen LogP contribution is 2.39. The Morgan fingerprint density at radius 2 is 1.52 bits per heavy atom. The molecule has 0 aliphatic heterocycles. The van der Waals surface area contributed by atoms with Gasteiger partial charge in [0.25, 0.3) is 0 Å². The zero-order valence-electron chi connectivity index (χ0n) is 13.0. The zero-order chi connectivity index (χ0) is 19.8. The van der Waals surface area contributed by atoms with Crippen LogP contribution in [-0.2, 0) is 12.4 Å². The molecule has 142 valence electrons. The van der Waals surface area contributed by atoms with E-state index >= 15 is 0 Å². The molecule has 1 aromatic heterocycles. The fraction of sp³-hybridized carbons (Fsp3) is 0.125. The molecule has 0 atom stereocenters. The molecular weight excluding hydrogens is 460 g/mol. The number of nitrogens with one attached hydrogen (secondary N) is 1. The normalized spacial score (nSPS) is 12.3. The fourth-order valence-corrected chi connectivity index (χ4v) is 3.25. The average Bonchev–Trinajstić information content (AvgIpc) is 3.06. The molecule has 3 nitrogen and oxygen atoms in total. The van der Waals surface area contributed by atoms with Gasteiger partial charge in [0.15, 0.2) is 0 Å². The highest BCUT2D eigenvalue weighted by Gasteiger charge is 2.36. The van der Waals surface area contributed by atoms with Gasteiger partial charge in [-0.15, -0.1) is 10.2 Å². The van der Waals surface area contributed by atoms with Crippen molar-refractivity contribution in [2.45, 2.75) is 12.4 Å². The van der Waals surface area contributed by atoms with Crippen LogP contribution in [0, 0.1) is 0 Å². The number of rotatable bonds is 3. The maximum Gasteiger partial charge on any atom is 0.445 e. The minimum Gasteiger partial charge on any atom is -0.355 e. The van der Waals surface area contributed by atoms with Crippen LogP contribution in [0.2, 0.25) is 0 Å². The van der Waals surface area contributed by atoms with Crippen LogP contribution in [0.1, 0.15) is 10.6 Å². The van der Waals surface area contributed by atoms with E-state index in [1.54, 1.807) is 18.2 Å². The third-order valence-corrected chi connectivity index (χ3v) is 4.87. The predicted octanol–water partition coefficient (Wildman–Crippen LogP) is 6.75. The standard InChI is InChI=1S/C16H8BrF6N3S/c17-9-3-6-12(24-10-4-1-8(2-5-10)15(18,19)20)11(7-9)13-25-26-14(27-13)16(21,22)23/h1-7,24H. The molecule has 0 amide bonds. The lowest BCUT2D eigenvalue weighted by Gasteiger charge is -2.12. The van der Waals surface area contributed by atoms with Crippen LogP contribution in [0.4, 0.5) is 37.7 Å². The van der Waals surface area contributed by atoms with E-state index < -0.39 is 22.9 Å². The Morgan fingerprint density at radius 3 is 2.07 bits per heavy atom. The first-order chi connectivity index (χ1) is 12.5. The number of anilines is 2. The van der Waals surface area contributed by atoms with Gasteiger partial charge in [0.05, 0.1) is 5.56 Å². The molecule has 1 N–H and O–H groups in total. The maximum atomic E-state index is 12.8. The van der Waals surface area contributed by atoms with Gasteiger partial charge in [0, 0.05) is 21.4 Å². The van der Waals surface area contributed by atoms with Crippen molar-refractivity contribution >= 4 is 38.6 Å². The number of nitrogens with zero attached hydrogens (tertiary/aromatic N) is 2. The number of hydrogen-bond donors (Lipinski definition) is 1. The predicted molar refractivity (Wildman–Crippen MR) is 92.8 cm³/mol. The molecule has 3 aromatic rings. The molecule has 0 fully saturated rings. The van der Waals surface area contributed by atoms with E-state index in [0.717, 1.165) is 12.1 Å². The van der Waals surface area contributed by atoms with Gasteiger partial charge in [-0.1, -0.05) is 27.3 Å². The van der Waals surface area contributed by atoms with E-state index in [1.165, 1.54) is 12.1 Å². The Bertz CT molecular complexity index is 950. The SMILES string of the molecule is FC(F)(F)c1ccc(Nc2ccc(Br)cc2-c2nnc(C(F)(F)F)s2)cc1. The van der Waals surface area contributed by atoms with Crippen molar-refractivity contribution in [3.63, 3.8) is 0 Å². The monoisotopic (exact) mass is 467 g/mol. The van der Waals surface area contributed by atoms with Gasteiger partial charge in [-0.2, -0.15) is 26.3 Å². The van der Waals surface area contributed by atoms with Crippen molar-refractivity contribution in [3.8, 4) is 10.6 Å². The third-order valence-electron chi connectivity index (χ3n) is 3.37. The number of aromatic nitrogens is 2. The molecular formula is C16H8BrF6N3S. The van der Waals surface area contributed by atoms with E-state index in [4.69, 9.17) is 0 Å².